The minimum absolute atomic E-state index is 0.413. The smallest absolute Gasteiger partial charge is 0.125 e. The Hall–Kier alpha value is -1.99. The lowest BCUT2D eigenvalue weighted by molar-refractivity contribution is 0.293. The summed E-state index contributed by atoms with van der Waals surface area (Å²) in [5, 5.41) is 8.97. The van der Waals surface area contributed by atoms with E-state index in [4.69, 9.17) is 14.7 Å². The van der Waals surface area contributed by atoms with Gasteiger partial charge >= 0.3 is 0 Å². The van der Waals surface area contributed by atoms with Crippen molar-refractivity contribution in [2.75, 3.05) is 7.11 Å². The first-order valence-electron chi connectivity index (χ1n) is 6.51. The fourth-order valence-electron chi connectivity index (χ4n) is 2.25. The van der Waals surface area contributed by atoms with Crippen molar-refractivity contribution in [3.63, 3.8) is 0 Å². The number of nitrogens with zero attached hydrogens (tertiary/aromatic N) is 1. The first kappa shape index (κ1) is 15.4. The molecule has 0 heterocycles. The topological polar surface area (TPSA) is 42.2 Å². The van der Waals surface area contributed by atoms with Crippen LogP contribution in [-0.4, -0.2) is 7.11 Å². The molecule has 2 rings (SSSR count). The molecule has 0 aliphatic rings. The van der Waals surface area contributed by atoms with Crippen LogP contribution in [-0.2, 0) is 6.61 Å². The highest BCUT2D eigenvalue weighted by molar-refractivity contribution is 9.10. The lowest BCUT2D eigenvalue weighted by atomic mass is 10.1. The first-order chi connectivity index (χ1) is 10.0. The predicted molar refractivity (Wildman–Crippen MR) is 85.7 cm³/mol. The van der Waals surface area contributed by atoms with Crippen molar-refractivity contribution < 1.29 is 9.47 Å². The van der Waals surface area contributed by atoms with E-state index < -0.39 is 0 Å². The van der Waals surface area contributed by atoms with Crippen molar-refractivity contribution in [1.29, 1.82) is 5.26 Å². The van der Waals surface area contributed by atoms with E-state index in [9.17, 15) is 0 Å². The largest absolute Gasteiger partial charge is 0.496 e. The molecule has 0 saturated carbocycles. The zero-order chi connectivity index (χ0) is 15.4. The van der Waals surface area contributed by atoms with Gasteiger partial charge in [-0.1, -0.05) is 15.9 Å². The van der Waals surface area contributed by atoms with Crippen molar-refractivity contribution in [2.45, 2.75) is 20.5 Å². The zero-order valence-corrected chi connectivity index (χ0v) is 13.8. The molecule has 0 amide bonds. The molecule has 0 aromatic heterocycles. The van der Waals surface area contributed by atoms with Crippen LogP contribution in [0.2, 0.25) is 0 Å². The lowest BCUT2D eigenvalue weighted by Crippen LogP contribution is -2.01. The van der Waals surface area contributed by atoms with Gasteiger partial charge in [-0.3, -0.25) is 0 Å². The molecule has 0 unspecified atom stereocenters. The lowest BCUT2D eigenvalue weighted by Gasteiger charge is -2.14. The Labute approximate surface area is 133 Å². The van der Waals surface area contributed by atoms with Gasteiger partial charge in [0.2, 0.25) is 0 Å². The van der Waals surface area contributed by atoms with E-state index in [2.05, 4.69) is 22.0 Å². The molecule has 108 valence electrons. The third-order valence-corrected chi connectivity index (χ3v) is 3.70. The molecule has 4 heteroatoms. The molecular weight excluding hydrogens is 330 g/mol. The molecular formula is C17H16BrNO2. The second-order valence-electron chi connectivity index (χ2n) is 4.80. The Balaban J connectivity index is 2.25. The Bertz CT molecular complexity index is 681. The maximum atomic E-state index is 8.97. The van der Waals surface area contributed by atoms with Gasteiger partial charge in [0.05, 0.1) is 18.7 Å². The van der Waals surface area contributed by atoms with Crippen molar-refractivity contribution in [3.8, 4) is 17.6 Å². The second kappa shape index (κ2) is 6.64. The minimum Gasteiger partial charge on any atom is -0.496 e. The molecule has 0 radical (unpaired) electrons. The summed E-state index contributed by atoms with van der Waals surface area (Å²) in [6.45, 7) is 4.30. The predicted octanol–water partition coefficient (Wildman–Crippen LogP) is 4.53. The van der Waals surface area contributed by atoms with Gasteiger partial charge in [0.1, 0.15) is 18.1 Å². The summed E-state index contributed by atoms with van der Waals surface area (Å²) in [7, 11) is 1.64. The third-order valence-electron chi connectivity index (χ3n) is 3.20. The van der Waals surface area contributed by atoms with Crippen molar-refractivity contribution in [2.24, 2.45) is 0 Å². The maximum absolute atomic E-state index is 8.97. The maximum Gasteiger partial charge on any atom is 0.125 e. The summed E-state index contributed by atoms with van der Waals surface area (Å²) in [6.07, 6.45) is 0. The minimum atomic E-state index is 0.413. The van der Waals surface area contributed by atoms with E-state index in [-0.39, 0.29) is 0 Å². The van der Waals surface area contributed by atoms with Gasteiger partial charge in [-0.2, -0.15) is 5.26 Å². The Kier molecular flexibility index (Phi) is 4.87. The monoisotopic (exact) mass is 345 g/mol. The summed E-state index contributed by atoms with van der Waals surface area (Å²) in [6, 6.07) is 11.6. The Morgan fingerprint density at radius 1 is 1.14 bits per heavy atom. The van der Waals surface area contributed by atoms with Gasteiger partial charge in [-0.25, -0.2) is 0 Å². The number of hydrogen-bond donors (Lipinski definition) is 0. The molecule has 0 aliphatic heterocycles. The van der Waals surface area contributed by atoms with Crippen molar-refractivity contribution >= 4 is 15.9 Å². The van der Waals surface area contributed by atoms with Crippen LogP contribution in [0.1, 0.15) is 22.3 Å². The van der Waals surface area contributed by atoms with Gasteiger partial charge in [-0.05, 0) is 55.3 Å². The van der Waals surface area contributed by atoms with Gasteiger partial charge in [-0.15, -0.1) is 0 Å². The Morgan fingerprint density at radius 2 is 1.81 bits per heavy atom. The molecule has 0 aliphatic carbocycles. The van der Waals surface area contributed by atoms with Crippen LogP contribution < -0.4 is 9.47 Å². The van der Waals surface area contributed by atoms with E-state index in [0.29, 0.717) is 12.2 Å². The summed E-state index contributed by atoms with van der Waals surface area (Å²) >= 11 is 3.45. The molecule has 2 aromatic rings. The number of aryl methyl sites for hydroxylation is 2. The van der Waals surface area contributed by atoms with Crippen LogP contribution in [0.15, 0.2) is 34.8 Å². The summed E-state index contributed by atoms with van der Waals surface area (Å²) in [5.41, 5.74) is 3.54. The molecule has 0 saturated heterocycles. The summed E-state index contributed by atoms with van der Waals surface area (Å²) in [5.74, 6) is 1.61. The van der Waals surface area contributed by atoms with Gasteiger partial charge in [0.25, 0.3) is 0 Å². The molecule has 0 spiro atoms. The van der Waals surface area contributed by atoms with Gasteiger partial charge in [0.15, 0.2) is 0 Å². The average Bonchev–Trinajstić information content (AvgIpc) is 2.46. The van der Waals surface area contributed by atoms with Crippen LogP contribution in [0.3, 0.4) is 0 Å². The molecule has 0 atom stereocenters. The molecule has 2 aromatic carbocycles. The number of nitriles is 1. The molecule has 3 nitrogen and oxygen atoms in total. The van der Waals surface area contributed by atoms with Crippen LogP contribution in [0.4, 0.5) is 0 Å². The van der Waals surface area contributed by atoms with Crippen molar-refractivity contribution in [3.05, 3.63) is 57.1 Å². The average molecular weight is 346 g/mol. The van der Waals surface area contributed by atoms with E-state index in [1.165, 1.54) is 0 Å². The zero-order valence-electron chi connectivity index (χ0n) is 12.2. The molecule has 21 heavy (non-hydrogen) atoms. The highest BCUT2D eigenvalue weighted by atomic mass is 79.9. The van der Waals surface area contributed by atoms with E-state index in [0.717, 1.165) is 32.7 Å². The molecule has 0 N–H and O–H groups in total. The number of hydrogen-bond acceptors (Lipinski definition) is 3. The second-order valence-corrected chi connectivity index (χ2v) is 5.71. The molecule has 0 bridgehead atoms. The van der Waals surface area contributed by atoms with E-state index in [1.54, 1.807) is 7.11 Å². The fraction of sp³-hybridized carbons (Fsp3) is 0.235. The van der Waals surface area contributed by atoms with Gasteiger partial charge in [0, 0.05) is 10.0 Å². The quantitative estimate of drug-likeness (QED) is 0.817. The molecule has 0 fully saturated rings. The Morgan fingerprint density at radius 3 is 2.38 bits per heavy atom. The third kappa shape index (κ3) is 3.56. The highest BCUT2D eigenvalue weighted by Crippen LogP contribution is 2.28. The number of methoxy groups -OCH3 is 1. The van der Waals surface area contributed by atoms with Crippen LogP contribution in [0.25, 0.3) is 0 Å². The summed E-state index contributed by atoms with van der Waals surface area (Å²) in [4.78, 5) is 0. The standard InChI is InChI=1S/C17H16BrNO2/c1-11-6-13(9-19)7-12(2)17(11)21-10-14-8-15(18)4-5-16(14)20-3/h4-8H,10H2,1-3H3. The van der Waals surface area contributed by atoms with Crippen LogP contribution >= 0.6 is 15.9 Å². The number of benzene rings is 2. The van der Waals surface area contributed by atoms with E-state index >= 15 is 0 Å². The first-order valence-corrected chi connectivity index (χ1v) is 7.31. The SMILES string of the molecule is COc1ccc(Br)cc1COc1c(C)cc(C#N)cc1C. The number of ether oxygens (including phenoxy) is 2. The normalized spacial score (nSPS) is 10.0. The number of rotatable bonds is 4. The summed E-state index contributed by atoms with van der Waals surface area (Å²) < 4.78 is 12.3. The van der Waals surface area contributed by atoms with E-state index in [1.807, 2.05) is 44.2 Å². The van der Waals surface area contributed by atoms with Crippen molar-refractivity contribution in [1.82, 2.24) is 0 Å². The van der Waals surface area contributed by atoms with Crippen LogP contribution in [0, 0.1) is 25.2 Å². The number of halogens is 1. The van der Waals surface area contributed by atoms with Gasteiger partial charge < -0.3 is 9.47 Å². The van der Waals surface area contributed by atoms with Crippen LogP contribution in [0.5, 0.6) is 11.5 Å². The fourth-order valence-corrected chi connectivity index (χ4v) is 2.66. The highest BCUT2D eigenvalue weighted by Gasteiger charge is 2.09.